The molecule has 0 saturated heterocycles. The number of carboxylic acid groups (broad SMARTS) is 1. The molecule has 0 heterocycles. The van der Waals surface area contributed by atoms with Gasteiger partial charge in [-0.15, -0.1) is 26.3 Å². The van der Waals surface area contributed by atoms with Gasteiger partial charge in [0.1, 0.15) is 23.9 Å². The van der Waals surface area contributed by atoms with Crippen molar-refractivity contribution in [1.29, 1.82) is 0 Å². The van der Waals surface area contributed by atoms with E-state index >= 15 is 0 Å². The molecule has 200 valence electrons. The Bertz CT molecular complexity index is 1130. The SMILES string of the molecule is CCOC(Cc1ccc(OC/C=C\C#Cc2cc(OC(F)(F)F)cc(OC(F)(F)F)c2)c(Cl)c1)C(=O)O. The van der Waals surface area contributed by atoms with Crippen molar-refractivity contribution in [3.63, 3.8) is 0 Å². The van der Waals surface area contributed by atoms with Gasteiger partial charge in [0.25, 0.3) is 0 Å². The number of halogens is 7. The first-order valence-corrected chi connectivity index (χ1v) is 10.7. The quantitative estimate of drug-likeness (QED) is 0.281. The first kappa shape index (κ1) is 29.7. The highest BCUT2D eigenvalue weighted by Crippen LogP contribution is 2.31. The number of benzene rings is 2. The molecule has 1 unspecified atom stereocenters. The molecule has 1 N–H and O–H groups in total. The lowest BCUT2D eigenvalue weighted by atomic mass is 10.1. The van der Waals surface area contributed by atoms with Crippen LogP contribution in [0.25, 0.3) is 0 Å². The van der Waals surface area contributed by atoms with E-state index < -0.39 is 36.3 Å². The van der Waals surface area contributed by atoms with E-state index in [1.54, 1.807) is 13.0 Å². The zero-order valence-electron chi connectivity index (χ0n) is 19.0. The Hall–Kier alpha value is -3.56. The van der Waals surface area contributed by atoms with Crippen molar-refractivity contribution in [3.05, 3.63) is 64.7 Å². The lowest BCUT2D eigenvalue weighted by Gasteiger charge is -2.13. The molecule has 37 heavy (non-hydrogen) atoms. The molecular formula is C24H19ClF6O6. The van der Waals surface area contributed by atoms with Crippen LogP contribution in [-0.2, 0) is 16.0 Å². The first-order valence-electron chi connectivity index (χ1n) is 10.3. The lowest BCUT2D eigenvalue weighted by molar-refractivity contribution is -0.276. The minimum Gasteiger partial charge on any atom is -0.488 e. The number of rotatable bonds is 10. The van der Waals surface area contributed by atoms with Crippen molar-refractivity contribution in [2.75, 3.05) is 13.2 Å². The normalized spacial score (nSPS) is 12.5. The molecule has 0 bridgehead atoms. The summed E-state index contributed by atoms with van der Waals surface area (Å²) in [5.74, 6) is 2.15. The summed E-state index contributed by atoms with van der Waals surface area (Å²) in [6.07, 6.45) is -8.48. The molecule has 0 aliphatic heterocycles. The molecule has 0 saturated carbocycles. The number of ether oxygens (including phenoxy) is 4. The van der Waals surface area contributed by atoms with Crippen molar-refractivity contribution in [2.45, 2.75) is 32.2 Å². The first-order chi connectivity index (χ1) is 17.3. The van der Waals surface area contributed by atoms with Gasteiger partial charge < -0.3 is 24.1 Å². The number of alkyl halides is 6. The van der Waals surface area contributed by atoms with E-state index in [-0.39, 0.29) is 36.0 Å². The van der Waals surface area contributed by atoms with Crippen molar-refractivity contribution in [1.82, 2.24) is 0 Å². The van der Waals surface area contributed by atoms with Gasteiger partial charge in [0.2, 0.25) is 0 Å². The molecule has 2 aromatic rings. The average molecular weight is 553 g/mol. The van der Waals surface area contributed by atoms with Crippen LogP contribution in [0, 0.1) is 11.8 Å². The number of hydrogen-bond acceptors (Lipinski definition) is 5. The maximum absolute atomic E-state index is 12.5. The van der Waals surface area contributed by atoms with Gasteiger partial charge in [-0.05, 0) is 48.9 Å². The summed E-state index contributed by atoms with van der Waals surface area (Å²) in [6, 6.07) is 6.73. The molecule has 0 fully saturated rings. The molecule has 2 aromatic carbocycles. The van der Waals surface area contributed by atoms with Gasteiger partial charge in [0, 0.05) is 24.7 Å². The average Bonchev–Trinajstić information content (AvgIpc) is 2.74. The molecule has 2 rings (SSSR count). The van der Waals surface area contributed by atoms with Crippen LogP contribution in [0.1, 0.15) is 18.1 Å². The minimum absolute atomic E-state index is 0.0237. The molecule has 0 aliphatic rings. The van der Waals surface area contributed by atoms with Crippen molar-refractivity contribution in [2.24, 2.45) is 0 Å². The van der Waals surface area contributed by atoms with Crippen molar-refractivity contribution in [3.8, 4) is 29.1 Å². The Morgan fingerprint density at radius 2 is 1.68 bits per heavy atom. The summed E-state index contributed by atoms with van der Waals surface area (Å²) < 4.78 is 92.7. The smallest absolute Gasteiger partial charge is 0.488 e. The second-order valence-electron chi connectivity index (χ2n) is 7.02. The summed E-state index contributed by atoms with van der Waals surface area (Å²) in [5.41, 5.74) is 0.391. The van der Waals surface area contributed by atoms with E-state index in [1.165, 1.54) is 24.3 Å². The Balaban J connectivity index is 2.03. The molecule has 6 nitrogen and oxygen atoms in total. The fourth-order valence-electron chi connectivity index (χ4n) is 2.82. The molecule has 13 heteroatoms. The van der Waals surface area contributed by atoms with E-state index in [4.69, 9.17) is 26.2 Å². The molecule has 0 amide bonds. The molecule has 0 radical (unpaired) electrons. The topological polar surface area (TPSA) is 74.2 Å². The summed E-state index contributed by atoms with van der Waals surface area (Å²) in [7, 11) is 0. The molecule has 0 aliphatic carbocycles. The maximum atomic E-state index is 12.5. The summed E-state index contributed by atoms with van der Waals surface area (Å²) in [4.78, 5) is 11.2. The van der Waals surface area contributed by atoms with Gasteiger partial charge in [-0.2, -0.15) is 0 Å². The highest BCUT2D eigenvalue weighted by atomic mass is 35.5. The van der Waals surface area contributed by atoms with Gasteiger partial charge in [-0.25, -0.2) is 4.79 Å². The predicted molar refractivity (Wildman–Crippen MR) is 120 cm³/mol. The summed E-state index contributed by atoms with van der Waals surface area (Å²) >= 11 is 6.16. The zero-order valence-corrected chi connectivity index (χ0v) is 19.7. The van der Waals surface area contributed by atoms with Crippen LogP contribution < -0.4 is 14.2 Å². The van der Waals surface area contributed by atoms with Gasteiger partial charge in [0.15, 0.2) is 6.10 Å². The van der Waals surface area contributed by atoms with Crippen LogP contribution in [-0.4, -0.2) is 43.1 Å². The van der Waals surface area contributed by atoms with Crippen LogP contribution in [0.3, 0.4) is 0 Å². The second-order valence-corrected chi connectivity index (χ2v) is 7.43. The predicted octanol–water partition coefficient (Wildman–Crippen LogP) is 6.16. The van der Waals surface area contributed by atoms with Crippen molar-refractivity contribution < 1.29 is 55.2 Å². The van der Waals surface area contributed by atoms with Crippen LogP contribution in [0.15, 0.2) is 48.6 Å². The second kappa shape index (κ2) is 13.1. The number of aliphatic carboxylic acids is 1. The van der Waals surface area contributed by atoms with E-state index in [0.29, 0.717) is 11.6 Å². The van der Waals surface area contributed by atoms with Gasteiger partial charge >= 0.3 is 18.7 Å². The van der Waals surface area contributed by atoms with E-state index in [1.807, 2.05) is 0 Å². The molecule has 0 aromatic heterocycles. The van der Waals surface area contributed by atoms with Gasteiger partial charge in [-0.3, -0.25) is 0 Å². The third-order valence-electron chi connectivity index (χ3n) is 4.16. The number of hydrogen-bond donors (Lipinski definition) is 1. The van der Waals surface area contributed by atoms with Gasteiger partial charge in [-0.1, -0.05) is 29.5 Å². The summed E-state index contributed by atoms with van der Waals surface area (Å²) in [6.45, 7) is 1.89. The van der Waals surface area contributed by atoms with E-state index in [0.717, 1.165) is 12.1 Å². The van der Waals surface area contributed by atoms with Crippen LogP contribution in [0.2, 0.25) is 5.02 Å². The number of carbonyl (C=O) groups is 1. The summed E-state index contributed by atoms with van der Waals surface area (Å²) in [5, 5.41) is 9.38. The van der Waals surface area contributed by atoms with Gasteiger partial charge in [0.05, 0.1) is 5.02 Å². The Labute approximate surface area is 212 Å². The van der Waals surface area contributed by atoms with E-state index in [9.17, 15) is 31.1 Å². The van der Waals surface area contributed by atoms with E-state index in [2.05, 4.69) is 21.3 Å². The maximum Gasteiger partial charge on any atom is 0.573 e. The third kappa shape index (κ3) is 11.4. The standard InChI is InChI=1S/C24H19ClF6O6/c1-2-34-21(22(32)33)13-16-7-8-20(19(25)12-16)35-9-5-3-4-6-15-10-17(36-23(26,27)28)14-18(11-15)37-24(29,30)31/h3,5,7-8,10-12,14,21H,2,9,13H2,1H3,(H,32,33)/b5-3-. The third-order valence-corrected chi connectivity index (χ3v) is 4.46. The largest absolute Gasteiger partial charge is 0.573 e. The zero-order chi connectivity index (χ0) is 27.6. The minimum atomic E-state index is -5.13. The Morgan fingerprint density at radius 1 is 1.05 bits per heavy atom. The molecule has 1 atom stereocenters. The lowest BCUT2D eigenvalue weighted by Crippen LogP contribution is -2.26. The number of allylic oxidation sites excluding steroid dienone is 1. The molecule has 0 spiro atoms. The van der Waals surface area contributed by atoms with Crippen LogP contribution >= 0.6 is 11.6 Å². The van der Waals surface area contributed by atoms with Crippen LogP contribution in [0.5, 0.6) is 17.2 Å². The fourth-order valence-corrected chi connectivity index (χ4v) is 3.08. The van der Waals surface area contributed by atoms with Crippen molar-refractivity contribution >= 4 is 17.6 Å². The number of carboxylic acids is 1. The monoisotopic (exact) mass is 552 g/mol. The van der Waals surface area contributed by atoms with Crippen LogP contribution in [0.4, 0.5) is 26.3 Å². The Kier molecular flexibility index (Phi) is 10.5. The molecular weight excluding hydrogens is 534 g/mol. The highest BCUT2D eigenvalue weighted by Gasteiger charge is 2.33. The fraction of sp³-hybridized carbons (Fsp3) is 0.292. The highest BCUT2D eigenvalue weighted by molar-refractivity contribution is 6.32. The Morgan fingerprint density at radius 3 is 2.19 bits per heavy atom.